The summed E-state index contributed by atoms with van der Waals surface area (Å²) in [7, 11) is 2.13. The summed E-state index contributed by atoms with van der Waals surface area (Å²) < 4.78 is 1.89. The summed E-state index contributed by atoms with van der Waals surface area (Å²) >= 11 is 0. The van der Waals surface area contributed by atoms with Gasteiger partial charge in [0.25, 0.3) is 0 Å². The summed E-state index contributed by atoms with van der Waals surface area (Å²) in [6.45, 7) is 10.5. The molecule has 4 heteroatoms. The van der Waals surface area contributed by atoms with Crippen molar-refractivity contribution in [3.63, 3.8) is 0 Å². The first-order valence-corrected chi connectivity index (χ1v) is 6.53. The van der Waals surface area contributed by atoms with Crippen LogP contribution in [0.5, 0.6) is 0 Å². The lowest BCUT2D eigenvalue weighted by atomic mass is 10.2. The maximum absolute atomic E-state index is 8.99. The van der Waals surface area contributed by atoms with Crippen LogP contribution in [0.4, 0.5) is 0 Å². The second-order valence-electron chi connectivity index (χ2n) is 4.76. The zero-order valence-electron chi connectivity index (χ0n) is 11.8. The Kier molecular flexibility index (Phi) is 6.09. The van der Waals surface area contributed by atoms with Crippen molar-refractivity contribution < 1.29 is 5.11 Å². The number of aryl methyl sites for hydroxylation is 1. The highest BCUT2D eigenvalue weighted by molar-refractivity contribution is 5.24. The van der Waals surface area contributed by atoms with E-state index in [1.807, 2.05) is 17.7 Å². The van der Waals surface area contributed by atoms with Gasteiger partial charge in [-0.25, -0.2) is 0 Å². The first-order valence-electron chi connectivity index (χ1n) is 6.53. The fourth-order valence-electron chi connectivity index (χ4n) is 2.13. The van der Waals surface area contributed by atoms with Gasteiger partial charge in [0.2, 0.25) is 0 Å². The predicted molar refractivity (Wildman–Crippen MR) is 74.6 cm³/mol. The molecule has 0 fully saturated rings. The van der Waals surface area contributed by atoms with Gasteiger partial charge in [0.15, 0.2) is 0 Å². The number of rotatable bonds is 8. The Balaban J connectivity index is 2.63. The lowest BCUT2D eigenvalue weighted by Gasteiger charge is -2.16. The van der Waals surface area contributed by atoms with E-state index in [1.165, 1.54) is 5.56 Å². The van der Waals surface area contributed by atoms with Gasteiger partial charge in [-0.2, -0.15) is 5.10 Å². The molecule has 0 atom stereocenters. The third kappa shape index (κ3) is 3.96. The first-order chi connectivity index (χ1) is 8.60. The summed E-state index contributed by atoms with van der Waals surface area (Å²) in [6.07, 6.45) is 4.17. The van der Waals surface area contributed by atoms with Crippen LogP contribution < -0.4 is 0 Å². The molecule has 0 saturated carbocycles. The van der Waals surface area contributed by atoms with Gasteiger partial charge in [-0.15, -0.1) is 6.58 Å². The molecule has 1 aromatic rings. The number of hydrogen-bond acceptors (Lipinski definition) is 3. The SMILES string of the molecule is C=CCCCN(C)Cc1c(C)nn(CCO)c1C. The van der Waals surface area contributed by atoms with Gasteiger partial charge in [-0.3, -0.25) is 4.68 Å². The summed E-state index contributed by atoms with van der Waals surface area (Å²) in [4.78, 5) is 2.31. The van der Waals surface area contributed by atoms with Gasteiger partial charge < -0.3 is 10.0 Å². The zero-order chi connectivity index (χ0) is 13.5. The summed E-state index contributed by atoms with van der Waals surface area (Å²) in [6, 6.07) is 0. The standard InChI is InChI=1S/C14H25N3O/c1-5-6-7-8-16(4)11-14-12(2)15-17(9-10-18)13(14)3/h5,18H,1,6-11H2,2-4H3. The van der Waals surface area contributed by atoms with Gasteiger partial charge in [-0.1, -0.05) is 6.08 Å². The van der Waals surface area contributed by atoms with E-state index in [4.69, 9.17) is 5.11 Å². The maximum atomic E-state index is 8.99. The second kappa shape index (κ2) is 7.34. The largest absolute Gasteiger partial charge is 0.394 e. The maximum Gasteiger partial charge on any atom is 0.0644 e. The van der Waals surface area contributed by atoms with Crippen LogP contribution in [0.3, 0.4) is 0 Å². The van der Waals surface area contributed by atoms with Gasteiger partial charge in [0.05, 0.1) is 18.8 Å². The van der Waals surface area contributed by atoms with E-state index in [-0.39, 0.29) is 6.61 Å². The quantitative estimate of drug-likeness (QED) is 0.566. The zero-order valence-corrected chi connectivity index (χ0v) is 11.8. The van der Waals surface area contributed by atoms with Gasteiger partial charge in [0.1, 0.15) is 0 Å². The average Bonchev–Trinajstić information content (AvgIpc) is 2.58. The topological polar surface area (TPSA) is 41.3 Å². The van der Waals surface area contributed by atoms with Crippen molar-refractivity contribution in [1.82, 2.24) is 14.7 Å². The van der Waals surface area contributed by atoms with E-state index in [0.717, 1.165) is 37.3 Å². The van der Waals surface area contributed by atoms with Crippen LogP contribution in [0, 0.1) is 13.8 Å². The van der Waals surface area contributed by atoms with E-state index in [0.29, 0.717) is 6.54 Å². The van der Waals surface area contributed by atoms with Gasteiger partial charge in [0, 0.05) is 17.8 Å². The minimum Gasteiger partial charge on any atom is -0.394 e. The van der Waals surface area contributed by atoms with Crippen molar-refractivity contribution in [2.45, 2.75) is 39.8 Å². The number of unbranched alkanes of at least 4 members (excludes halogenated alkanes) is 1. The van der Waals surface area contributed by atoms with Crippen molar-refractivity contribution in [2.75, 3.05) is 20.2 Å². The monoisotopic (exact) mass is 251 g/mol. The molecule has 0 aliphatic heterocycles. The molecule has 1 rings (SSSR count). The molecule has 18 heavy (non-hydrogen) atoms. The summed E-state index contributed by atoms with van der Waals surface area (Å²) in [5.74, 6) is 0. The van der Waals surface area contributed by atoms with Gasteiger partial charge in [-0.05, 0) is 40.3 Å². The van der Waals surface area contributed by atoms with Crippen molar-refractivity contribution >= 4 is 0 Å². The number of aromatic nitrogens is 2. The second-order valence-corrected chi connectivity index (χ2v) is 4.76. The molecule has 0 spiro atoms. The third-order valence-corrected chi connectivity index (χ3v) is 3.22. The molecule has 0 saturated heterocycles. The van der Waals surface area contributed by atoms with E-state index in [1.54, 1.807) is 0 Å². The van der Waals surface area contributed by atoms with E-state index >= 15 is 0 Å². The highest BCUT2D eigenvalue weighted by atomic mass is 16.3. The molecule has 1 heterocycles. The fraction of sp³-hybridized carbons (Fsp3) is 0.643. The van der Waals surface area contributed by atoms with Crippen LogP contribution in [0.1, 0.15) is 29.8 Å². The molecule has 0 bridgehead atoms. The molecule has 0 aliphatic rings. The minimum atomic E-state index is 0.135. The molecule has 102 valence electrons. The number of aliphatic hydroxyl groups excluding tert-OH is 1. The highest BCUT2D eigenvalue weighted by Gasteiger charge is 2.12. The molecule has 0 unspecified atom stereocenters. The average molecular weight is 251 g/mol. The Hall–Kier alpha value is -1.13. The molecular weight excluding hydrogens is 226 g/mol. The van der Waals surface area contributed by atoms with Crippen LogP contribution in [-0.4, -0.2) is 40.0 Å². The Labute approximate surface area is 110 Å². The van der Waals surface area contributed by atoms with E-state index < -0.39 is 0 Å². The smallest absolute Gasteiger partial charge is 0.0644 e. The molecule has 0 amide bonds. The normalized spacial score (nSPS) is 11.2. The number of allylic oxidation sites excluding steroid dienone is 1. The highest BCUT2D eigenvalue weighted by Crippen LogP contribution is 2.15. The number of hydrogen-bond donors (Lipinski definition) is 1. The lowest BCUT2D eigenvalue weighted by molar-refractivity contribution is 0.267. The molecule has 0 aromatic carbocycles. The number of aliphatic hydroxyl groups is 1. The van der Waals surface area contributed by atoms with Crippen molar-refractivity contribution in [1.29, 1.82) is 0 Å². The molecular formula is C14H25N3O. The van der Waals surface area contributed by atoms with E-state index in [9.17, 15) is 0 Å². The predicted octanol–water partition coefficient (Wildman–Crippen LogP) is 1.89. The minimum absolute atomic E-state index is 0.135. The molecule has 0 aliphatic carbocycles. The number of nitrogens with zero attached hydrogens (tertiary/aromatic N) is 3. The van der Waals surface area contributed by atoms with Crippen molar-refractivity contribution in [2.24, 2.45) is 0 Å². The third-order valence-electron chi connectivity index (χ3n) is 3.22. The van der Waals surface area contributed by atoms with E-state index in [2.05, 4.69) is 30.5 Å². The van der Waals surface area contributed by atoms with Gasteiger partial charge >= 0.3 is 0 Å². The fourth-order valence-corrected chi connectivity index (χ4v) is 2.13. The first kappa shape index (κ1) is 14.9. The Morgan fingerprint density at radius 2 is 2.17 bits per heavy atom. The van der Waals surface area contributed by atoms with Crippen LogP contribution in [0.2, 0.25) is 0 Å². The molecule has 1 N–H and O–H groups in total. The molecule has 0 radical (unpaired) electrons. The lowest BCUT2D eigenvalue weighted by Crippen LogP contribution is -2.20. The molecule has 1 aromatic heterocycles. The van der Waals surface area contributed by atoms with Crippen molar-refractivity contribution in [3.05, 3.63) is 29.6 Å². The summed E-state index contributed by atoms with van der Waals surface area (Å²) in [5.41, 5.74) is 3.51. The van der Waals surface area contributed by atoms with Crippen LogP contribution >= 0.6 is 0 Å². The van der Waals surface area contributed by atoms with Crippen LogP contribution in [0.25, 0.3) is 0 Å². The van der Waals surface area contributed by atoms with Crippen molar-refractivity contribution in [3.8, 4) is 0 Å². The van der Waals surface area contributed by atoms with Crippen LogP contribution in [-0.2, 0) is 13.1 Å². The Morgan fingerprint density at radius 1 is 1.44 bits per heavy atom. The van der Waals surface area contributed by atoms with Crippen LogP contribution in [0.15, 0.2) is 12.7 Å². The summed E-state index contributed by atoms with van der Waals surface area (Å²) in [5, 5.41) is 13.5. The molecule has 4 nitrogen and oxygen atoms in total. The Bertz CT molecular complexity index is 385. The Morgan fingerprint density at radius 3 is 2.78 bits per heavy atom.